The highest BCUT2D eigenvalue weighted by Gasteiger charge is 2.53. The van der Waals surface area contributed by atoms with E-state index in [1.807, 2.05) is 0 Å². The Bertz CT molecular complexity index is 1310. The summed E-state index contributed by atoms with van der Waals surface area (Å²) in [6.45, 7) is 3.47. The number of benzene rings is 2. The van der Waals surface area contributed by atoms with Gasteiger partial charge < -0.3 is 38.3 Å². The summed E-state index contributed by atoms with van der Waals surface area (Å²) in [5.74, 6) is -4.50. The highest BCUT2D eigenvalue weighted by Crippen LogP contribution is 2.32. The molecule has 1 N–H and O–H groups in total. The van der Waals surface area contributed by atoms with Gasteiger partial charge >= 0.3 is 23.9 Å². The second-order valence-electron chi connectivity index (χ2n) is 9.03. The molecule has 0 radical (unpaired) electrons. The molecule has 0 aliphatic carbocycles. The molecule has 1 fully saturated rings. The average molecular weight is 593 g/mol. The molecule has 0 spiro atoms. The Hall–Kier alpha value is -4.72. The van der Waals surface area contributed by atoms with E-state index in [2.05, 4.69) is 0 Å². The van der Waals surface area contributed by atoms with E-state index >= 15 is 0 Å². The number of aromatic hydroxyl groups is 1. The predicted octanol–water partition coefficient (Wildman–Crippen LogP) is 2.25. The molecule has 1 aliphatic rings. The number of carbonyl (C=O) groups excluding carboxylic acids is 5. The smallest absolute Gasteiger partial charge is 0.303 e. The monoisotopic (exact) mass is 592 g/mol. The fourth-order valence-corrected chi connectivity index (χ4v) is 4.00. The topological polar surface area (TPSA) is 170 Å². The van der Waals surface area contributed by atoms with Crippen molar-refractivity contribution in [3.63, 3.8) is 0 Å². The number of ketones is 1. The fraction of sp³-hybridized carbons (Fsp3) is 0.393. The summed E-state index contributed by atoms with van der Waals surface area (Å²) >= 11 is 0. The molecular formula is C28H29FO13. The van der Waals surface area contributed by atoms with E-state index in [-0.39, 0.29) is 17.1 Å². The van der Waals surface area contributed by atoms with E-state index in [0.29, 0.717) is 0 Å². The van der Waals surface area contributed by atoms with Crippen LogP contribution in [0.1, 0.15) is 38.1 Å². The number of rotatable bonds is 11. The van der Waals surface area contributed by atoms with Gasteiger partial charge in [0.1, 0.15) is 35.8 Å². The van der Waals surface area contributed by atoms with Gasteiger partial charge in [0.15, 0.2) is 18.8 Å². The lowest BCUT2D eigenvalue weighted by Gasteiger charge is -2.43. The minimum absolute atomic E-state index is 0.0654. The number of hydrogen-bond donors (Lipinski definition) is 1. The van der Waals surface area contributed by atoms with Crippen LogP contribution in [0.5, 0.6) is 17.2 Å². The van der Waals surface area contributed by atoms with Crippen LogP contribution in [0.15, 0.2) is 42.5 Å². The SMILES string of the molecule is CC(=O)OC[C@@H]1O[C@@H](Oc2ccc(C(=O)COc3ccc(F)cc3)c(O)c2)[C@@H](OC(C)=O)[C@H](OC(C)=O)[C@H]1OC(C)=O. The van der Waals surface area contributed by atoms with Gasteiger partial charge in [-0.15, -0.1) is 0 Å². The Morgan fingerprint density at radius 2 is 1.36 bits per heavy atom. The van der Waals surface area contributed by atoms with Crippen LogP contribution in [-0.4, -0.2) is 78.7 Å². The number of Topliss-reactive ketones (excluding diaryl/α,β-unsaturated/α-hetero) is 1. The lowest BCUT2D eigenvalue weighted by Crippen LogP contribution is -2.63. The second-order valence-corrected chi connectivity index (χ2v) is 9.03. The molecule has 1 heterocycles. The zero-order valence-corrected chi connectivity index (χ0v) is 23.1. The van der Waals surface area contributed by atoms with E-state index in [1.54, 1.807) is 0 Å². The molecule has 2 aromatic carbocycles. The number of phenols is 1. The highest BCUT2D eigenvalue weighted by atomic mass is 19.1. The lowest BCUT2D eigenvalue weighted by molar-refractivity contribution is -0.288. The summed E-state index contributed by atoms with van der Waals surface area (Å²) in [5, 5.41) is 10.5. The number of esters is 4. The molecule has 3 rings (SSSR count). The van der Waals surface area contributed by atoms with Crippen molar-refractivity contribution in [3.8, 4) is 17.2 Å². The number of halogens is 1. The van der Waals surface area contributed by atoms with E-state index < -0.39 is 85.1 Å². The first-order chi connectivity index (χ1) is 19.8. The molecule has 226 valence electrons. The standard InChI is InChI=1S/C28H29FO13/c1-14(30)36-13-24-25(38-15(2)31)26(39-16(3)32)27(40-17(4)33)28(42-24)41-20-9-10-21(22(34)11-20)23(35)12-37-19-7-5-18(29)6-8-19/h5-11,24-28,34H,12-13H2,1-4H3/t24-,25-,26+,27-,28+/m0/s1. The van der Waals surface area contributed by atoms with E-state index in [1.165, 1.54) is 24.3 Å². The largest absolute Gasteiger partial charge is 0.507 e. The maximum Gasteiger partial charge on any atom is 0.303 e. The number of hydrogen-bond acceptors (Lipinski definition) is 13. The van der Waals surface area contributed by atoms with Crippen molar-refractivity contribution in [2.24, 2.45) is 0 Å². The van der Waals surface area contributed by atoms with Crippen molar-refractivity contribution < 1.29 is 66.6 Å². The van der Waals surface area contributed by atoms with Crippen LogP contribution in [0.2, 0.25) is 0 Å². The van der Waals surface area contributed by atoms with Crippen molar-refractivity contribution in [3.05, 3.63) is 53.8 Å². The van der Waals surface area contributed by atoms with Crippen LogP contribution < -0.4 is 9.47 Å². The second kappa shape index (κ2) is 14.3. The summed E-state index contributed by atoms with van der Waals surface area (Å²) in [7, 11) is 0. The molecule has 0 amide bonds. The van der Waals surface area contributed by atoms with Gasteiger partial charge in [0, 0.05) is 33.8 Å². The summed E-state index contributed by atoms with van der Waals surface area (Å²) in [4.78, 5) is 59.8. The molecule has 0 saturated carbocycles. The fourth-order valence-electron chi connectivity index (χ4n) is 4.00. The summed E-state index contributed by atoms with van der Waals surface area (Å²) in [6, 6.07) is 8.64. The van der Waals surface area contributed by atoms with Gasteiger partial charge in [-0.2, -0.15) is 0 Å². The lowest BCUT2D eigenvalue weighted by atomic mass is 9.98. The maximum absolute atomic E-state index is 13.1. The normalized spacial score (nSPS) is 21.4. The van der Waals surface area contributed by atoms with E-state index in [4.69, 9.17) is 33.2 Å². The predicted molar refractivity (Wildman–Crippen MR) is 137 cm³/mol. The van der Waals surface area contributed by atoms with Crippen molar-refractivity contribution in [1.82, 2.24) is 0 Å². The third-order valence-corrected chi connectivity index (χ3v) is 5.65. The van der Waals surface area contributed by atoms with Gasteiger partial charge in [0.05, 0.1) is 5.56 Å². The van der Waals surface area contributed by atoms with Crippen molar-refractivity contribution in [1.29, 1.82) is 0 Å². The summed E-state index contributed by atoms with van der Waals surface area (Å²) in [6.07, 6.45) is -7.08. The molecule has 2 aromatic rings. The number of phenolic OH excluding ortho intramolecular Hbond substituents is 1. The first-order valence-electron chi connectivity index (χ1n) is 12.6. The Kier molecular flexibility index (Phi) is 10.8. The Morgan fingerprint density at radius 3 is 1.93 bits per heavy atom. The van der Waals surface area contributed by atoms with Crippen LogP contribution in [0.3, 0.4) is 0 Å². The van der Waals surface area contributed by atoms with Gasteiger partial charge in [-0.1, -0.05) is 0 Å². The minimum Gasteiger partial charge on any atom is -0.507 e. The van der Waals surface area contributed by atoms with Gasteiger partial charge in [-0.25, -0.2) is 4.39 Å². The summed E-state index contributed by atoms with van der Waals surface area (Å²) < 4.78 is 51.1. The van der Waals surface area contributed by atoms with Gasteiger partial charge in [0.25, 0.3) is 0 Å². The molecule has 13 nitrogen and oxygen atoms in total. The Morgan fingerprint density at radius 1 is 0.786 bits per heavy atom. The quantitative estimate of drug-likeness (QED) is 0.229. The molecule has 0 aromatic heterocycles. The molecule has 0 bridgehead atoms. The van der Waals surface area contributed by atoms with Crippen molar-refractivity contribution in [2.75, 3.05) is 13.2 Å². The molecule has 0 unspecified atom stereocenters. The first kappa shape index (κ1) is 31.8. The van der Waals surface area contributed by atoms with E-state index in [9.17, 15) is 33.5 Å². The molecule has 42 heavy (non-hydrogen) atoms. The van der Waals surface area contributed by atoms with Crippen molar-refractivity contribution >= 4 is 29.7 Å². The zero-order chi connectivity index (χ0) is 31.0. The van der Waals surface area contributed by atoms with E-state index in [0.717, 1.165) is 45.9 Å². The van der Waals surface area contributed by atoms with Gasteiger partial charge in [-0.05, 0) is 36.4 Å². The Labute approximate surface area is 239 Å². The summed E-state index contributed by atoms with van der Waals surface area (Å²) in [5.41, 5.74) is -0.119. The van der Waals surface area contributed by atoms with Crippen molar-refractivity contribution in [2.45, 2.75) is 58.4 Å². The molecule has 1 saturated heterocycles. The van der Waals surface area contributed by atoms with Crippen LogP contribution in [0.4, 0.5) is 4.39 Å². The third-order valence-electron chi connectivity index (χ3n) is 5.65. The molecule has 5 atom stereocenters. The van der Waals surface area contributed by atoms with Gasteiger partial charge in [0.2, 0.25) is 18.2 Å². The molecule has 14 heteroatoms. The highest BCUT2D eigenvalue weighted by molar-refractivity contribution is 5.99. The van der Waals surface area contributed by atoms with Crippen LogP contribution >= 0.6 is 0 Å². The number of ether oxygens (including phenoxy) is 7. The minimum atomic E-state index is -1.53. The first-order valence-corrected chi connectivity index (χ1v) is 12.6. The van der Waals surface area contributed by atoms with Crippen LogP contribution in [0.25, 0.3) is 0 Å². The number of carbonyl (C=O) groups is 5. The molecular weight excluding hydrogens is 563 g/mol. The van der Waals surface area contributed by atoms with Crippen LogP contribution in [0, 0.1) is 5.82 Å². The van der Waals surface area contributed by atoms with Crippen LogP contribution in [-0.2, 0) is 42.9 Å². The maximum atomic E-state index is 13.1. The van der Waals surface area contributed by atoms with Gasteiger partial charge in [-0.3, -0.25) is 24.0 Å². The third kappa shape index (κ3) is 8.89. The average Bonchev–Trinajstić information content (AvgIpc) is 2.89. The Balaban J connectivity index is 1.86. The zero-order valence-electron chi connectivity index (χ0n) is 23.1. The molecule has 1 aliphatic heterocycles.